The molecular formula is C28H56O4. The van der Waals surface area contributed by atoms with Crippen LogP contribution in [-0.2, 0) is 14.3 Å². The molecule has 0 amide bonds. The van der Waals surface area contributed by atoms with Gasteiger partial charge in [0, 0.05) is 20.1 Å². The number of rotatable bonds is 25. The van der Waals surface area contributed by atoms with E-state index < -0.39 is 11.8 Å². The first kappa shape index (κ1) is 31.4. The Labute approximate surface area is 200 Å². The van der Waals surface area contributed by atoms with Gasteiger partial charge in [0.2, 0.25) is 0 Å². The van der Waals surface area contributed by atoms with Crippen LogP contribution in [-0.4, -0.2) is 31.1 Å². The highest BCUT2D eigenvalue weighted by atomic mass is 16.7. The first-order chi connectivity index (χ1) is 15.6. The zero-order chi connectivity index (χ0) is 23.9. The Morgan fingerprint density at radius 3 is 1.12 bits per heavy atom. The predicted molar refractivity (Wildman–Crippen MR) is 136 cm³/mol. The third-order valence-corrected chi connectivity index (χ3v) is 7.00. The van der Waals surface area contributed by atoms with Crippen molar-refractivity contribution < 1.29 is 19.4 Å². The standard InChI is InChI=1S/C28H56O4/c1-5-7-9-11-13-14-15-16-17-18-19-21-23-25-26(24-22-20-12-10-8-6-2)28(31-3,32-4)27(29)30/h26H,5-25H2,1-4H3,(H,29,30). The van der Waals surface area contributed by atoms with Crippen molar-refractivity contribution in [3.8, 4) is 0 Å². The van der Waals surface area contributed by atoms with E-state index in [0.717, 1.165) is 32.1 Å². The number of methoxy groups -OCH3 is 2. The largest absolute Gasteiger partial charge is 0.477 e. The van der Waals surface area contributed by atoms with E-state index in [9.17, 15) is 9.90 Å². The lowest BCUT2D eigenvalue weighted by Gasteiger charge is -2.34. The van der Waals surface area contributed by atoms with E-state index >= 15 is 0 Å². The minimum absolute atomic E-state index is 0.0890. The highest BCUT2D eigenvalue weighted by Gasteiger charge is 2.46. The third kappa shape index (κ3) is 14.5. The van der Waals surface area contributed by atoms with Crippen LogP contribution in [0.4, 0.5) is 0 Å². The lowest BCUT2D eigenvalue weighted by atomic mass is 9.86. The molecule has 0 radical (unpaired) electrons. The Bertz CT molecular complexity index is 406. The zero-order valence-corrected chi connectivity index (χ0v) is 22.1. The van der Waals surface area contributed by atoms with Crippen LogP contribution in [0.3, 0.4) is 0 Å². The molecule has 0 rings (SSSR count). The summed E-state index contributed by atoms with van der Waals surface area (Å²) in [5.41, 5.74) is 0. The molecule has 0 saturated carbocycles. The SMILES string of the molecule is CCCCCCCCCCCCCCCC(CCCCCCCC)C(OC)(OC)C(=O)O. The number of ether oxygens (including phenoxy) is 2. The van der Waals surface area contributed by atoms with Crippen molar-refractivity contribution in [1.82, 2.24) is 0 Å². The van der Waals surface area contributed by atoms with Crippen molar-refractivity contribution in [3.05, 3.63) is 0 Å². The lowest BCUT2D eigenvalue weighted by Crippen LogP contribution is -2.49. The Hall–Kier alpha value is -0.610. The van der Waals surface area contributed by atoms with Crippen molar-refractivity contribution in [1.29, 1.82) is 0 Å². The zero-order valence-electron chi connectivity index (χ0n) is 22.1. The molecule has 0 aliphatic carbocycles. The van der Waals surface area contributed by atoms with Gasteiger partial charge < -0.3 is 14.6 Å². The molecule has 0 aromatic rings. The molecule has 4 heteroatoms. The molecule has 1 N–H and O–H groups in total. The van der Waals surface area contributed by atoms with E-state index in [1.807, 2.05) is 0 Å². The Balaban J connectivity index is 4.12. The normalized spacial score (nSPS) is 12.9. The molecule has 192 valence electrons. The van der Waals surface area contributed by atoms with Crippen LogP contribution in [0, 0.1) is 5.92 Å². The Morgan fingerprint density at radius 1 is 0.594 bits per heavy atom. The molecule has 0 aliphatic heterocycles. The predicted octanol–water partition coefficient (Wildman–Crippen LogP) is 8.91. The minimum Gasteiger partial charge on any atom is -0.477 e. The van der Waals surface area contributed by atoms with Gasteiger partial charge in [-0.3, -0.25) is 0 Å². The number of hydrogen-bond donors (Lipinski definition) is 1. The smallest absolute Gasteiger partial charge is 0.364 e. The van der Waals surface area contributed by atoms with Gasteiger partial charge >= 0.3 is 5.97 Å². The molecule has 0 fully saturated rings. The number of unbranched alkanes of at least 4 members (excludes halogenated alkanes) is 17. The fourth-order valence-corrected chi connectivity index (χ4v) is 4.87. The second kappa shape index (κ2) is 22.2. The molecule has 4 nitrogen and oxygen atoms in total. The summed E-state index contributed by atoms with van der Waals surface area (Å²) >= 11 is 0. The summed E-state index contributed by atoms with van der Waals surface area (Å²) in [4.78, 5) is 12.0. The van der Waals surface area contributed by atoms with E-state index in [0.29, 0.717) is 0 Å². The summed E-state index contributed by atoms with van der Waals surface area (Å²) in [6, 6.07) is 0. The van der Waals surface area contributed by atoms with E-state index in [-0.39, 0.29) is 5.92 Å². The first-order valence-corrected chi connectivity index (χ1v) is 13.9. The van der Waals surface area contributed by atoms with Crippen molar-refractivity contribution >= 4 is 5.97 Å². The topological polar surface area (TPSA) is 55.8 Å². The fraction of sp³-hybridized carbons (Fsp3) is 0.964. The van der Waals surface area contributed by atoms with Gasteiger partial charge in [-0.2, -0.15) is 0 Å². The van der Waals surface area contributed by atoms with Crippen LogP contribution in [0.1, 0.15) is 149 Å². The van der Waals surface area contributed by atoms with Gasteiger partial charge in [-0.15, -0.1) is 0 Å². The summed E-state index contributed by atoms with van der Waals surface area (Å²) < 4.78 is 10.9. The molecule has 1 atom stereocenters. The minimum atomic E-state index is -1.50. The summed E-state index contributed by atoms with van der Waals surface area (Å²) in [5, 5.41) is 9.82. The molecule has 0 aromatic heterocycles. The quantitative estimate of drug-likeness (QED) is 0.110. The second-order valence-corrected chi connectivity index (χ2v) is 9.67. The molecule has 0 spiro atoms. The van der Waals surface area contributed by atoms with Gasteiger partial charge in [0.15, 0.2) is 0 Å². The van der Waals surface area contributed by atoms with Crippen LogP contribution in [0.25, 0.3) is 0 Å². The van der Waals surface area contributed by atoms with Gasteiger partial charge in [0.25, 0.3) is 5.79 Å². The molecule has 0 aromatic carbocycles. The molecule has 0 bridgehead atoms. The second-order valence-electron chi connectivity index (χ2n) is 9.67. The molecular weight excluding hydrogens is 400 g/mol. The number of carboxylic acids is 1. The first-order valence-electron chi connectivity index (χ1n) is 13.9. The summed E-state index contributed by atoms with van der Waals surface area (Å²) in [6.45, 7) is 4.50. The van der Waals surface area contributed by atoms with Crippen LogP contribution in [0.15, 0.2) is 0 Å². The van der Waals surface area contributed by atoms with Crippen molar-refractivity contribution in [3.63, 3.8) is 0 Å². The van der Waals surface area contributed by atoms with Crippen LogP contribution in [0.5, 0.6) is 0 Å². The summed E-state index contributed by atoms with van der Waals surface area (Å²) in [6.07, 6.45) is 26.2. The van der Waals surface area contributed by atoms with E-state index in [2.05, 4.69) is 13.8 Å². The maximum Gasteiger partial charge on any atom is 0.364 e. The van der Waals surface area contributed by atoms with Crippen LogP contribution < -0.4 is 0 Å². The van der Waals surface area contributed by atoms with Crippen molar-refractivity contribution in [2.24, 2.45) is 5.92 Å². The van der Waals surface area contributed by atoms with Crippen LogP contribution in [0.2, 0.25) is 0 Å². The van der Waals surface area contributed by atoms with Gasteiger partial charge in [-0.25, -0.2) is 4.79 Å². The van der Waals surface area contributed by atoms with Gasteiger partial charge in [-0.05, 0) is 12.8 Å². The van der Waals surface area contributed by atoms with E-state index in [1.54, 1.807) is 0 Å². The lowest BCUT2D eigenvalue weighted by molar-refractivity contribution is -0.248. The third-order valence-electron chi connectivity index (χ3n) is 7.00. The number of carbonyl (C=O) groups is 1. The highest BCUT2D eigenvalue weighted by Crippen LogP contribution is 2.33. The maximum absolute atomic E-state index is 12.0. The van der Waals surface area contributed by atoms with E-state index in [4.69, 9.17) is 9.47 Å². The molecule has 1 unspecified atom stereocenters. The maximum atomic E-state index is 12.0. The molecule has 0 saturated heterocycles. The monoisotopic (exact) mass is 456 g/mol. The highest BCUT2D eigenvalue weighted by molar-refractivity contribution is 5.76. The van der Waals surface area contributed by atoms with Crippen molar-refractivity contribution in [2.45, 2.75) is 154 Å². The molecule has 0 heterocycles. The molecule has 32 heavy (non-hydrogen) atoms. The average molecular weight is 457 g/mol. The molecule has 0 aliphatic rings. The summed E-state index contributed by atoms with van der Waals surface area (Å²) in [7, 11) is 2.94. The Kier molecular flexibility index (Phi) is 21.8. The number of carboxylic acid groups (broad SMARTS) is 1. The van der Waals surface area contributed by atoms with Gasteiger partial charge in [0.1, 0.15) is 0 Å². The van der Waals surface area contributed by atoms with Gasteiger partial charge in [-0.1, -0.05) is 136 Å². The van der Waals surface area contributed by atoms with Crippen molar-refractivity contribution in [2.75, 3.05) is 14.2 Å². The van der Waals surface area contributed by atoms with Gasteiger partial charge in [0.05, 0.1) is 0 Å². The number of aliphatic carboxylic acids is 1. The summed E-state index contributed by atoms with van der Waals surface area (Å²) in [5.74, 6) is -2.58. The fourth-order valence-electron chi connectivity index (χ4n) is 4.87. The van der Waals surface area contributed by atoms with E-state index in [1.165, 1.54) is 117 Å². The average Bonchev–Trinajstić information content (AvgIpc) is 2.79. The number of hydrogen-bond acceptors (Lipinski definition) is 3. The Morgan fingerprint density at radius 2 is 0.875 bits per heavy atom. The van der Waals surface area contributed by atoms with Crippen LogP contribution >= 0.6 is 0 Å².